The van der Waals surface area contributed by atoms with Gasteiger partial charge in [-0.2, -0.15) is 5.10 Å². The molecule has 0 bridgehead atoms. The van der Waals surface area contributed by atoms with Crippen molar-refractivity contribution in [1.82, 2.24) is 9.78 Å². The van der Waals surface area contributed by atoms with Crippen LogP contribution in [0.3, 0.4) is 0 Å². The van der Waals surface area contributed by atoms with Crippen molar-refractivity contribution in [2.45, 2.75) is 13.5 Å². The Morgan fingerprint density at radius 2 is 2.07 bits per heavy atom. The van der Waals surface area contributed by atoms with E-state index in [4.69, 9.17) is 12.2 Å². The lowest BCUT2D eigenvalue weighted by Crippen LogP contribution is -2.01. The summed E-state index contributed by atoms with van der Waals surface area (Å²) in [4.78, 5) is 0. The van der Waals surface area contributed by atoms with E-state index in [0.717, 1.165) is 15.5 Å². The maximum atomic E-state index is 5.19. The van der Waals surface area contributed by atoms with E-state index < -0.39 is 0 Å². The average Bonchev–Trinajstić information content (AvgIpc) is 2.47. The number of rotatable bonds is 2. The van der Waals surface area contributed by atoms with Crippen LogP contribution < -0.4 is 0 Å². The van der Waals surface area contributed by atoms with Gasteiger partial charge < -0.3 is 0 Å². The highest BCUT2D eigenvalue weighted by Crippen LogP contribution is 2.09. The van der Waals surface area contributed by atoms with Gasteiger partial charge in [-0.1, -0.05) is 41.7 Å². The van der Waals surface area contributed by atoms with Crippen LogP contribution >= 0.6 is 23.6 Å². The fourth-order valence-electron chi connectivity index (χ4n) is 1.27. The van der Waals surface area contributed by atoms with Gasteiger partial charge in [0.15, 0.2) is 3.95 Å². The van der Waals surface area contributed by atoms with Gasteiger partial charge in [-0.05, 0) is 24.7 Å². The summed E-state index contributed by atoms with van der Waals surface area (Å²) in [6.07, 6.45) is 0. The van der Waals surface area contributed by atoms with E-state index >= 15 is 0 Å². The maximum absolute atomic E-state index is 5.19. The molecule has 0 aliphatic rings. The largest absolute Gasteiger partial charge is 0.240 e. The molecule has 0 radical (unpaired) electrons. The van der Waals surface area contributed by atoms with Crippen LogP contribution in [0.5, 0.6) is 0 Å². The van der Waals surface area contributed by atoms with Gasteiger partial charge in [-0.15, -0.1) is 0 Å². The first-order valence-electron chi connectivity index (χ1n) is 4.34. The third-order valence-corrected chi connectivity index (χ3v) is 3.11. The molecule has 0 N–H and O–H groups in total. The van der Waals surface area contributed by atoms with Crippen molar-refractivity contribution in [3.63, 3.8) is 0 Å². The Morgan fingerprint density at radius 1 is 1.36 bits per heavy atom. The number of aryl methyl sites for hydroxylation is 1. The summed E-state index contributed by atoms with van der Waals surface area (Å²) in [6, 6.07) is 10.2. The van der Waals surface area contributed by atoms with E-state index in [9.17, 15) is 0 Å². The highest BCUT2D eigenvalue weighted by atomic mass is 32.1. The fraction of sp³-hybridized carbons (Fsp3) is 0.200. The van der Waals surface area contributed by atoms with Crippen molar-refractivity contribution in [2.24, 2.45) is 0 Å². The fourth-order valence-corrected chi connectivity index (χ4v) is 2.34. The van der Waals surface area contributed by atoms with Crippen molar-refractivity contribution < 1.29 is 0 Å². The minimum atomic E-state index is 0.768. The summed E-state index contributed by atoms with van der Waals surface area (Å²) in [5.41, 5.74) is 1.23. The molecule has 14 heavy (non-hydrogen) atoms. The smallest absolute Gasteiger partial charge is 0.179 e. The quantitative estimate of drug-likeness (QED) is 0.727. The number of benzene rings is 1. The summed E-state index contributed by atoms with van der Waals surface area (Å²) in [7, 11) is 0. The van der Waals surface area contributed by atoms with Crippen molar-refractivity contribution in [1.29, 1.82) is 0 Å². The molecular formula is C10H10N2S2. The summed E-state index contributed by atoms with van der Waals surface area (Å²) in [5.74, 6) is 0. The molecule has 0 saturated carbocycles. The van der Waals surface area contributed by atoms with E-state index in [1.807, 2.05) is 29.8 Å². The first-order chi connectivity index (χ1) is 6.75. The molecule has 72 valence electrons. The zero-order chi connectivity index (χ0) is 9.97. The van der Waals surface area contributed by atoms with Crippen LogP contribution in [0.4, 0.5) is 0 Å². The number of hydrogen-bond donors (Lipinski definition) is 0. The maximum Gasteiger partial charge on any atom is 0.179 e. The number of nitrogens with zero attached hydrogens (tertiary/aromatic N) is 2. The molecule has 2 aromatic rings. The highest BCUT2D eigenvalue weighted by molar-refractivity contribution is 7.73. The molecular weight excluding hydrogens is 212 g/mol. The minimum Gasteiger partial charge on any atom is -0.240 e. The molecule has 0 aliphatic carbocycles. The third kappa shape index (κ3) is 2.08. The Hall–Kier alpha value is -1.00. The van der Waals surface area contributed by atoms with Crippen LogP contribution in [0.2, 0.25) is 0 Å². The van der Waals surface area contributed by atoms with Gasteiger partial charge in [-0.25, -0.2) is 4.68 Å². The SMILES string of the molecule is Cc1nn(Cc2ccccc2)c(=S)s1. The Balaban J connectivity index is 2.28. The third-order valence-electron chi connectivity index (χ3n) is 1.88. The topological polar surface area (TPSA) is 17.8 Å². The Morgan fingerprint density at radius 3 is 2.64 bits per heavy atom. The molecule has 1 heterocycles. The first-order valence-corrected chi connectivity index (χ1v) is 5.56. The standard InChI is InChI=1S/C10H10N2S2/c1-8-11-12(10(13)14-8)7-9-5-3-2-4-6-9/h2-6H,7H2,1H3. The normalized spacial score (nSPS) is 10.4. The monoisotopic (exact) mass is 222 g/mol. The van der Waals surface area contributed by atoms with Gasteiger partial charge in [0, 0.05) is 0 Å². The second kappa shape index (κ2) is 4.02. The van der Waals surface area contributed by atoms with Crippen LogP contribution in [0.25, 0.3) is 0 Å². The van der Waals surface area contributed by atoms with E-state index in [-0.39, 0.29) is 0 Å². The van der Waals surface area contributed by atoms with Crippen LogP contribution in [-0.2, 0) is 6.54 Å². The molecule has 0 aliphatic heterocycles. The van der Waals surface area contributed by atoms with Crippen LogP contribution in [0.15, 0.2) is 30.3 Å². The zero-order valence-electron chi connectivity index (χ0n) is 7.80. The average molecular weight is 222 g/mol. The van der Waals surface area contributed by atoms with E-state index in [2.05, 4.69) is 17.2 Å². The molecule has 0 spiro atoms. The molecule has 2 nitrogen and oxygen atoms in total. The van der Waals surface area contributed by atoms with E-state index in [0.29, 0.717) is 0 Å². The second-order valence-electron chi connectivity index (χ2n) is 3.03. The predicted molar refractivity (Wildman–Crippen MR) is 61.2 cm³/mol. The molecule has 0 saturated heterocycles. The van der Waals surface area contributed by atoms with Crippen molar-refractivity contribution in [3.05, 3.63) is 44.9 Å². The predicted octanol–water partition coefficient (Wildman–Crippen LogP) is 3.03. The molecule has 0 atom stereocenters. The molecule has 1 aromatic heterocycles. The van der Waals surface area contributed by atoms with Crippen molar-refractivity contribution >= 4 is 23.6 Å². The lowest BCUT2D eigenvalue weighted by atomic mass is 10.2. The molecule has 4 heteroatoms. The molecule has 0 unspecified atom stereocenters. The summed E-state index contributed by atoms with van der Waals surface area (Å²) >= 11 is 6.75. The Kier molecular flexibility index (Phi) is 2.74. The van der Waals surface area contributed by atoms with Gasteiger partial charge in [-0.3, -0.25) is 0 Å². The highest BCUT2D eigenvalue weighted by Gasteiger charge is 1.99. The summed E-state index contributed by atoms with van der Waals surface area (Å²) < 4.78 is 2.70. The molecule has 0 fully saturated rings. The number of hydrogen-bond acceptors (Lipinski definition) is 3. The van der Waals surface area contributed by atoms with Gasteiger partial charge in [0.25, 0.3) is 0 Å². The summed E-state index contributed by atoms with van der Waals surface area (Å²) in [6.45, 7) is 2.74. The molecule has 2 rings (SSSR count). The van der Waals surface area contributed by atoms with Crippen molar-refractivity contribution in [3.8, 4) is 0 Å². The van der Waals surface area contributed by atoms with Crippen LogP contribution in [-0.4, -0.2) is 9.78 Å². The van der Waals surface area contributed by atoms with Gasteiger partial charge in [0.1, 0.15) is 5.01 Å². The van der Waals surface area contributed by atoms with E-state index in [1.54, 1.807) is 11.3 Å². The second-order valence-corrected chi connectivity index (χ2v) is 4.86. The Labute approximate surface area is 91.8 Å². The Bertz CT molecular complexity index is 470. The van der Waals surface area contributed by atoms with Gasteiger partial charge in [0.2, 0.25) is 0 Å². The number of aromatic nitrogens is 2. The summed E-state index contributed by atoms with van der Waals surface area (Å²) in [5, 5.41) is 5.36. The zero-order valence-corrected chi connectivity index (χ0v) is 9.44. The first kappa shape index (κ1) is 9.55. The van der Waals surface area contributed by atoms with Crippen LogP contribution in [0.1, 0.15) is 10.6 Å². The van der Waals surface area contributed by atoms with Gasteiger partial charge in [0.05, 0.1) is 6.54 Å². The van der Waals surface area contributed by atoms with Crippen LogP contribution in [0, 0.1) is 10.9 Å². The minimum absolute atomic E-state index is 0.768. The van der Waals surface area contributed by atoms with Gasteiger partial charge >= 0.3 is 0 Å². The lowest BCUT2D eigenvalue weighted by molar-refractivity contribution is 0.672. The van der Waals surface area contributed by atoms with Crippen molar-refractivity contribution in [2.75, 3.05) is 0 Å². The lowest BCUT2D eigenvalue weighted by Gasteiger charge is -1.99. The molecule has 0 amide bonds. The molecule has 1 aromatic carbocycles. The van der Waals surface area contributed by atoms with E-state index in [1.165, 1.54) is 5.56 Å².